The van der Waals surface area contributed by atoms with Gasteiger partial charge in [-0.15, -0.1) is 11.3 Å². The number of aromatic hydroxyl groups is 1. The number of fused-ring (bicyclic) bond motifs is 1. The van der Waals surface area contributed by atoms with Gasteiger partial charge >= 0.3 is 0 Å². The van der Waals surface area contributed by atoms with E-state index in [2.05, 4.69) is 4.98 Å². The molecular weight excluding hydrogens is 442 g/mol. The predicted octanol–water partition coefficient (Wildman–Crippen LogP) is 3.33. The minimum atomic E-state index is -0.596. The lowest BCUT2D eigenvalue weighted by Crippen LogP contribution is -2.48. The maximum atomic E-state index is 13.1. The van der Waals surface area contributed by atoms with E-state index in [1.807, 2.05) is 38.1 Å². The third-order valence-corrected chi connectivity index (χ3v) is 6.81. The third-order valence-electron chi connectivity index (χ3n) is 5.78. The summed E-state index contributed by atoms with van der Waals surface area (Å²) in [6.45, 7) is 4.58. The third kappa shape index (κ3) is 4.38. The highest BCUT2D eigenvalue weighted by Crippen LogP contribution is 2.32. The Hall–Kier alpha value is -3.17. The second kappa shape index (κ2) is 9.36. The van der Waals surface area contributed by atoms with Gasteiger partial charge in [0.2, 0.25) is 5.43 Å². The van der Waals surface area contributed by atoms with E-state index in [0.717, 1.165) is 16.2 Å². The normalized spacial score (nSPS) is 15.7. The molecule has 0 fully saturated rings. The molecule has 1 atom stereocenters. The highest BCUT2D eigenvalue weighted by atomic mass is 32.1. The zero-order valence-electron chi connectivity index (χ0n) is 19.1. The Labute approximate surface area is 196 Å². The second-order valence-electron chi connectivity index (χ2n) is 8.29. The van der Waals surface area contributed by atoms with E-state index in [0.29, 0.717) is 24.6 Å². The van der Waals surface area contributed by atoms with Crippen molar-refractivity contribution < 1.29 is 19.4 Å². The fourth-order valence-electron chi connectivity index (χ4n) is 4.03. The highest BCUT2D eigenvalue weighted by Gasteiger charge is 2.36. The summed E-state index contributed by atoms with van der Waals surface area (Å²) in [6, 6.07) is 7.48. The van der Waals surface area contributed by atoms with Gasteiger partial charge in [0.05, 0.1) is 25.3 Å². The van der Waals surface area contributed by atoms with Crippen LogP contribution >= 0.6 is 11.3 Å². The van der Waals surface area contributed by atoms with Crippen LogP contribution in [0.5, 0.6) is 11.5 Å². The van der Waals surface area contributed by atoms with Gasteiger partial charge in [-0.3, -0.25) is 9.59 Å². The maximum absolute atomic E-state index is 13.1. The Kier molecular flexibility index (Phi) is 6.53. The molecule has 33 heavy (non-hydrogen) atoms. The quantitative estimate of drug-likeness (QED) is 0.571. The number of nitrogens with zero attached hydrogens (tertiary/aromatic N) is 3. The monoisotopic (exact) mass is 469 g/mol. The Morgan fingerprint density at radius 1 is 1.21 bits per heavy atom. The number of pyridine rings is 1. The molecule has 0 aliphatic carbocycles. The van der Waals surface area contributed by atoms with Gasteiger partial charge in [0.25, 0.3) is 5.91 Å². The van der Waals surface area contributed by atoms with Crippen LogP contribution in [0.25, 0.3) is 10.6 Å². The van der Waals surface area contributed by atoms with Crippen LogP contribution in [0.4, 0.5) is 0 Å². The number of carbonyl (C=O) groups is 1. The lowest BCUT2D eigenvalue weighted by molar-refractivity contribution is 0.0511. The number of hydrogen-bond donors (Lipinski definition) is 1. The van der Waals surface area contributed by atoms with Crippen molar-refractivity contribution in [3.8, 4) is 22.1 Å². The van der Waals surface area contributed by atoms with Crippen molar-refractivity contribution >= 4 is 17.2 Å². The van der Waals surface area contributed by atoms with Gasteiger partial charge in [-0.1, -0.05) is 12.1 Å². The standard InChI is InChI=1S/C24H27N3O5S/c1-14(2)26-11-16(13-31-3)27-12-19(21(28)22(29)20(27)24(26)30)23-25-10-18(33-23)9-15-5-7-17(32-4)8-6-15/h5-8,10,12,14,16,29H,9,11,13H2,1-4H3/t16-/m1/s1. The Balaban J connectivity index is 1.71. The van der Waals surface area contributed by atoms with Gasteiger partial charge < -0.3 is 24.0 Å². The molecule has 0 saturated heterocycles. The number of aromatic nitrogens is 2. The topological polar surface area (TPSA) is 93.9 Å². The van der Waals surface area contributed by atoms with Crippen molar-refractivity contribution in [1.82, 2.24) is 14.5 Å². The molecule has 0 saturated carbocycles. The molecule has 0 bridgehead atoms. The molecule has 1 aliphatic rings. The zero-order chi connectivity index (χ0) is 23.7. The summed E-state index contributed by atoms with van der Waals surface area (Å²) in [5.74, 6) is -0.119. The first-order valence-corrected chi connectivity index (χ1v) is 11.5. The fourth-order valence-corrected chi connectivity index (χ4v) is 4.99. The average Bonchev–Trinajstić information content (AvgIpc) is 3.26. The molecule has 0 radical (unpaired) electrons. The van der Waals surface area contributed by atoms with Gasteiger partial charge in [0.1, 0.15) is 10.8 Å². The zero-order valence-corrected chi connectivity index (χ0v) is 19.9. The summed E-state index contributed by atoms with van der Waals surface area (Å²) in [5.41, 5.74) is 0.771. The predicted molar refractivity (Wildman–Crippen MR) is 126 cm³/mol. The average molecular weight is 470 g/mol. The van der Waals surface area contributed by atoms with Crippen LogP contribution in [0.15, 0.2) is 41.5 Å². The SMILES string of the molecule is COC[C@H]1CN(C(C)C)C(=O)c2c(O)c(=O)c(-c3ncc(Cc4ccc(OC)cc4)s3)cn21. The number of benzene rings is 1. The maximum Gasteiger partial charge on any atom is 0.274 e. The number of rotatable bonds is 7. The molecular formula is C24H27N3O5S. The first-order chi connectivity index (χ1) is 15.8. The fraction of sp³-hybridized carbons (Fsp3) is 0.375. The molecule has 3 aromatic rings. The number of thiazole rings is 1. The van der Waals surface area contributed by atoms with Crippen molar-refractivity contribution in [2.45, 2.75) is 32.4 Å². The van der Waals surface area contributed by atoms with Gasteiger partial charge in [0, 0.05) is 43.4 Å². The van der Waals surface area contributed by atoms with Gasteiger partial charge in [-0.25, -0.2) is 4.98 Å². The molecule has 1 aromatic carbocycles. The Morgan fingerprint density at radius 2 is 1.94 bits per heavy atom. The lowest BCUT2D eigenvalue weighted by atomic mass is 10.1. The number of hydrogen-bond acceptors (Lipinski definition) is 7. The van der Waals surface area contributed by atoms with Crippen molar-refractivity contribution in [3.63, 3.8) is 0 Å². The summed E-state index contributed by atoms with van der Waals surface area (Å²) < 4.78 is 12.2. The molecule has 0 spiro atoms. The first kappa shape index (κ1) is 23.0. The number of amides is 1. The van der Waals surface area contributed by atoms with E-state index in [1.165, 1.54) is 11.3 Å². The number of ether oxygens (including phenoxy) is 2. The van der Waals surface area contributed by atoms with Crippen LogP contribution in [0.2, 0.25) is 0 Å². The summed E-state index contributed by atoms with van der Waals surface area (Å²) >= 11 is 1.39. The molecule has 2 aromatic heterocycles. The van der Waals surface area contributed by atoms with E-state index < -0.39 is 11.2 Å². The van der Waals surface area contributed by atoms with Crippen molar-refractivity contribution in [2.24, 2.45) is 0 Å². The molecule has 0 unspecified atom stereocenters. The van der Waals surface area contributed by atoms with E-state index in [-0.39, 0.29) is 29.2 Å². The second-order valence-corrected chi connectivity index (χ2v) is 9.41. The van der Waals surface area contributed by atoms with E-state index in [1.54, 1.807) is 36.1 Å². The molecule has 1 N–H and O–H groups in total. The summed E-state index contributed by atoms with van der Waals surface area (Å²) in [7, 11) is 3.22. The largest absolute Gasteiger partial charge is 0.503 e. The lowest BCUT2D eigenvalue weighted by Gasteiger charge is -2.38. The summed E-state index contributed by atoms with van der Waals surface area (Å²) in [4.78, 5) is 33.1. The van der Waals surface area contributed by atoms with Crippen LogP contribution in [-0.2, 0) is 11.2 Å². The smallest absolute Gasteiger partial charge is 0.274 e. The summed E-state index contributed by atoms with van der Waals surface area (Å²) in [6.07, 6.45) is 4.03. The molecule has 1 amide bonds. The number of carbonyl (C=O) groups excluding carboxylic acids is 1. The van der Waals surface area contributed by atoms with Crippen LogP contribution in [0.3, 0.4) is 0 Å². The molecule has 1 aliphatic heterocycles. The molecule has 4 rings (SSSR count). The van der Waals surface area contributed by atoms with Crippen LogP contribution < -0.4 is 10.2 Å². The van der Waals surface area contributed by atoms with Crippen molar-refractivity contribution in [1.29, 1.82) is 0 Å². The van der Waals surface area contributed by atoms with Gasteiger partial charge in [0.15, 0.2) is 11.4 Å². The minimum Gasteiger partial charge on any atom is -0.503 e. The van der Waals surface area contributed by atoms with Crippen molar-refractivity contribution in [2.75, 3.05) is 27.4 Å². The van der Waals surface area contributed by atoms with Crippen LogP contribution in [-0.4, -0.2) is 58.9 Å². The van der Waals surface area contributed by atoms with Gasteiger partial charge in [-0.2, -0.15) is 0 Å². The molecule has 174 valence electrons. The highest BCUT2D eigenvalue weighted by molar-refractivity contribution is 7.15. The van der Waals surface area contributed by atoms with Crippen LogP contribution in [0, 0.1) is 0 Å². The Bertz CT molecular complexity index is 1220. The van der Waals surface area contributed by atoms with E-state index in [9.17, 15) is 14.7 Å². The Morgan fingerprint density at radius 3 is 2.58 bits per heavy atom. The number of methoxy groups -OCH3 is 2. The van der Waals surface area contributed by atoms with E-state index in [4.69, 9.17) is 9.47 Å². The summed E-state index contributed by atoms with van der Waals surface area (Å²) in [5, 5.41) is 11.3. The van der Waals surface area contributed by atoms with Gasteiger partial charge in [-0.05, 0) is 31.5 Å². The molecule has 3 heterocycles. The molecule has 8 nitrogen and oxygen atoms in total. The van der Waals surface area contributed by atoms with Crippen molar-refractivity contribution in [3.05, 3.63) is 63.0 Å². The molecule has 9 heteroatoms. The minimum absolute atomic E-state index is 0.000706. The first-order valence-electron chi connectivity index (χ1n) is 10.7. The van der Waals surface area contributed by atoms with Crippen LogP contribution in [0.1, 0.15) is 40.8 Å². The van der Waals surface area contributed by atoms with E-state index >= 15 is 0 Å².